The van der Waals surface area contributed by atoms with Crippen molar-refractivity contribution < 1.29 is 24.3 Å². The molecule has 1 unspecified atom stereocenters. The molecule has 1 aliphatic heterocycles. The topological polar surface area (TPSA) is 74.1 Å². The van der Waals surface area contributed by atoms with E-state index >= 15 is 0 Å². The summed E-state index contributed by atoms with van der Waals surface area (Å²) >= 11 is 1.46. The van der Waals surface area contributed by atoms with Gasteiger partial charge >= 0.3 is 0 Å². The Balaban J connectivity index is 1.94. The van der Waals surface area contributed by atoms with E-state index in [9.17, 15) is 14.7 Å². The molecule has 1 N–H and O–H groups in total. The van der Waals surface area contributed by atoms with Crippen LogP contribution in [0.2, 0.25) is 0 Å². The minimum absolute atomic E-state index is 0.0443. The Labute approximate surface area is 194 Å². The van der Waals surface area contributed by atoms with E-state index in [4.69, 9.17) is 4.74 Å². The molecule has 1 amide bonds. The van der Waals surface area contributed by atoms with Crippen molar-refractivity contribution in [1.82, 2.24) is 4.90 Å². The van der Waals surface area contributed by atoms with E-state index in [1.165, 1.54) is 16.2 Å². The molecule has 6 nitrogen and oxygen atoms in total. The average molecular weight is 457 g/mol. The van der Waals surface area contributed by atoms with E-state index < -0.39 is 23.5 Å². The third kappa shape index (κ3) is 5.22. The molecule has 0 saturated carbocycles. The van der Waals surface area contributed by atoms with Crippen molar-refractivity contribution >= 4 is 28.8 Å². The third-order valence-corrected chi connectivity index (χ3v) is 6.67. The molecule has 7 heteroatoms. The van der Waals surface area contributed by atoms with Gasteiger partial charge in [0.05, 0.1) is 38.8 Å². The maximum Gasteiger partial charge on any atom is 0.295 e. The Bertz CT molecular complexity index is 947. The third-order valence-electron chi connectivity index (χ3n) is 5.75. The fraction of sp³-hybridized carbons (Fsp3) is 0.440. The van der Waals surface area contributed by atoms with E-state index in [0.29, 0.717) is 30.4 Å². The molecule has 3 rings (SSSR count). The minimum Gasteiger partial charge on any atom is -0.872 e. The number of hydrogen-bond acceptors (Lipinski definition) is 5. The molecule has 32 heavy (non-hydrogen) atoms. The number of thiophene rings is 1. The lowest BCUT2D eigenvalue weighted by molar-refractivity contribution is -0.895. The van der Waals surface area contributed by atoms with E-state index in [1.54, 1.807) is 29.2 Å². The largest absolute Gasteiger partial charge is 0.872 e. The van der Waals surface area contributed by atoms with Crippen molar-refractivity contribution in [3.05, 3.63) is 57.8 Å². The highest BCUT2D eigenvalue weighted by atomic mass is 32.1. The number of Topliss-reactive ketones (excluding diaryl/α,β-unsaturated/α-hetero) is 1. The van der Waals surface area contributed by atoms with Crippen LogP contribution in [0.4, 0.5) is 0 Å². The van der Waals surface area contributed by atoms with Crippen LogP contribution in [0.1, 0.15) is 44.2 Å². The van der Waals surface area contributed by atoms with E-state index in [2.05, 4.69) is 27.7 Å². The Morgan fingerprint density at radius 2 is 1.84 bits per heavy atom. The molecule has 1 aliphatic rings. The summed E-state index contributed by atoms with van der Waals surface area (Å²) < 4.78 is 5.69. The van der Waals surface area contributed by atoms with Crippen molar-refractivity contribution in [3.63, 3.8) is 0 Å². The molecule has 1 aromatic carbocycles. The number of ether oxygens (including phenoxy) is 1. The minimum atomic E-state index is -0.692. The van der Waals surface area contributed by atoms with Crippen LogP contribution in [-0.2, 0) is 9.59 Å². The molecule has 1 fully saturated rings. The summed E-state index contributed by atoms with van der Waals surface area (Å²) in [6.45, 7) is 12.0. The first-order chi connectivity index (χ1) is 15.4. The number of quaternary nitrogens is 1. The summed E-state index contributed by atoms with van der Waals surface area (Å²) in [5.41, 5.74) is 0.429. The number of hydrogen-bond donors (Lipinski definition) is 1. The van der Waals surface area contributed by atoms with Crippen LogP contribution in [0.5, 0.6) is 5.75 Å². The highest BCUT2D eigenvalue weighted by Crippen LogP contribution is 2.40. The zero-order valence-electron chi connectivity index (χ0n) is 19.2. The quantitative estimate of drug-likeness (QED) is 0.337. The lowest BCUT2D eigenvalue weighted by Crippen LogP contribution is -3.12. The highest BCUT2D eigenvalue weighted by molar-refractivity contribution is 7.10. The van der Waals surface area contributed by atoms with Crippen molar-refractivity contribution in [2.45, 2.75) is 33.7 Å². The number of carbonyl (C=O) groups is 2. The Hall–Kier alpha value is -2.64. The summed E-state index contributed by atoms with van der Waals surface area (Å²) in [4.78, 5) is 29.7. The number of ketones is 1. The molecule has 0 bridgehead atoms. The molecule has 1 atom stereocenters. The number of likely N-dealkylation sites (tertiary alicyclic amines) is 1. The van der Waals surface area contributed by atoms with Gasteiger partial charge in [-0.1, -0.05) is 37.8 Å². The van der Waals surface area contributed by atoms with Gasteiger partial charge in [-0.25, -0.2) is 0 Å². The molecule has 0 spiro atoms. The molecular weight excluding hydrogens is 424 g/mol. The van der Waals surface area contributed by atoms with Crippen LogP contribution in [0.25, 0.3) is 5.76 Å². The smallest absolute Gasteiger partial charge is 0.295 e. The molecule has 0 radical (unpaired) electrons. The maximum absolute atomic E-state index is 13.4. The van der Waals surface area contributed by atoms with E-state index in [1.807, 2.05) is 17.5 Å². The standard InChI is InChI=1S/C25H32N2O4S/c1-5-26(6-2)13-14-27-22(20-8-7-15-32-20)21(24(29)25(27)30)23(28)18-9-11-19(12-10-18)31-16-17(3)4/h7-12,15,17,22,28H,5-6,13-14,16H2,1-4H3/b23-21+. The van der Waals surface area contributed by atoms with Crippen LogP contribution in [0, 0.1) is 5.92 Å². The zero-order valence-corrected chi connectivity index (χ0v) is 20.0. The number of benzene rings is 1. The predicted molar refractivity (Wildman–Crippen MR) is 124 cm³/mol. The second-order valence-corrected chi connectivity index (χ2v) is 9.40. The van der Waals surface area contributed by atoms with Crippen LogP contribution in [0.15, 0.2) is 47.4 Å². The predicted octanol–water partition coefficient (Wildman–Crippen LogP) is 1.93. The second kappa shape index (κ2) is 10.8. The van der Waals surface area contributed by atoms with Gasteiger partial charge in [0.25, 0.3) is 5.91 Å². The summed E-state index contributed by atoms with van der Waals surface area (Å²) in [6, 6.07) is 9.93. The zero-order chi connectivity index (χ0) is 23.3. The van der Waals surface area contributed by atoms with Gasteiger partial charge in [-0.15, -0.1) is 11.3 Å². The summed E-state index contributed by atoms with van der Waals surface area (Å²) in [6.07, 6.45) is 0. The van der Waals surface area contributed by atoms with Crippen molar-refractivity contribution in [2.75, 3.05) is 32.8 Å². The maximum atomic E-state index is 13.4. The Kier molecular flexibility index (Phi) is 8.10. The fourth-order valence-corrected chi connectivity index (χ4v) is 4.69. The first-order valence-electron chi connectivity index (χ1n) is 11.2. The first kappa shape index (κ1) is 24.0. The fourth-order valence-electron chi connectivity index (χ4n) is 3.85. The Morgan fingerprint density at radius 1 is 1.16 bits per heavy atom. The normalized spacial score (nSPS) is 18.2. The monoisotopic (exact) mass is 456 g/mol. The average Bonchev–Trinajstić information content (AvgIpc) is 3.40. The van der Waals surface area contributed by atoms with Gasteiger partial charge < -0.3 is 19.6 Å². The first-order valence-corrected chi connectivity index (χ1v) is 12.1. The number of nitrogens with zero attached hydrogens (tertiary/aromatic N) is 1. The number of carbonyl (C=O) groups excluding carboxylic acids is 2. The van der Waals surface area contributed by atoms with E-state index in [0.717, 1.165) is 24.5 Å². The molecule has 1 aromatic heterocycles. The van der Waals surface area contributed by atoms with Gasteiger partial charge in [-0.05, 0) is 48.9 Å². The van der Waals surface area contributed by atoms with Crippen LogP contribution >= 0.6 is 11.3 Å². The van der Waals surface area contributed by atoms with Crippen molar-refractivity contribution in [1.29, 1.82) is 0 Å². The van der Waals surface area contributed by atoms with Crippen LogP contribution in [0.3, 0.4) is 0 Å². The molecule has 172 valence electrons. The van der Waals surface area contributed by atoms with Crippen LogP contribution in [-0.4, -0.2) is 49.4 Å². The van der Waals surface area contributed by atoms with E-state index in [-0.39, 0.29) is 5.57 Å². The van der Waals surface area contributed by atoms with Crippen molar-refractivity contribution in [2.24, 2.45) is 5.92 Å². The number of nitrogens with one attached hydrogen (secondary N) is 1. The molecule has 0 aliphatic carbocycles. The lowest BCUT2D eigenvalue weighted by Gasteiger charge is -2.27. The van der Waals surface area contributed by atoms with Gasteiger partial charge in [-0.3, -0.25) is 9.59 Å². The molecule has 2 aromatic rings. The van der Waals surface area contributed by atoms with Gasteiger partial charge in [0, 0.05) is 10.5 Å². The van der Waals surface area contributed by atoms with Gasteiger partial charge in [0.1, 0.15) is 5.75 Å². The molecule has 2 heterocycles. The van der Waals surface area contributed by atoms with Crippen molar-refractivity contribution in [3.8, 4) is 5.75 Å². The van der Waals surface area contributed by atoms with Gasteiger partial charge in [-0.2, -0.15) is 0 Å². The van der Waals surface area contributed by atoms with Gasteiger partial charge in [0.15, 0.2) is 0 Å². The SMILES string of the molecule is CC[NH+](CC)CCN1C(=O)C(=O)/C(=C(/[O-])c2ccc(OCC(C)C)cc2)C1c1cccs1. The summed E-state index contributed by atoms with van der Waals surface area (Å²) in [7, 11) is 0. The molecular formula is C25H32N2O4S. The van der Waals surface area contributed by atoms with Crippen LogP contribution < -0.4 is 14.7 Å². The summed E-state index contributed by atoms with van der Waals surface area (Å²) in [5.74, 6) is -0.606. The number of amides is 1. The second-order valence-electron chi connectivity index (χ2n) is 8.42. The van der Waals surface area contributed by atoms with Gasteiger partial charge in [0.2, 0.25) is 5.78 Å². The Morgan fingerprint density at radius 3 is 2.41 bits per heavy atom. The highest BCUT2D eigenvalue weighted by Gasteiger charge is 2.44. The number of rotatable bonds is 10. The molecule has 1 saturated heterocycles. The lowest BCUT2D eigenvalue weighted by atomic mass is 10.00. The number of likely N-dealkylation sites (N-methyl/N-ethyl adjacent to an activating group) is 1. The summed E-state index contributed by atoms with van der Waals surface area (Å²) in [5, 5.41) is 15.3.